The predicted octanol–water partition coefficient (Wildman–Crippen LogP) is 4.16. The molecule has 3 heterocycles. The average Bonchev–Trinajstić information content (AvgIpc) is 3.11. The van der Waals surface area contributed by atoms with Crippen LogP contribution in [0.1, 0.15) is 11.1 Å². The minimum atomic E-state index is -4.56. The Bertz CT molecular complexity index is 1120. The zero-order chi connectivity index (χ0) is 19.0. The van der Waals surface area contributed by atoms with Crippen molar-refractivity contribution in [1.82, 2.24) is 20.2 Å². The highest BCUT2D eigenvalue weighted by Gasteiger charge is 2.36. The number of aromatic amines is 1. The van der Waals surface area contributed by atoms with Crippen molar-refractivity contribution in [2.75, 3.05) is 0 Å². The monoisotopic (exact) mass is 369 g/mol. The molecule has 0 aliphatic carbocycles. The number of fused-ring (bicyclic) bond motifs is 1. The van der Waals surface area contributed by atoms with Crippen molar-refractivity contribution in [3.05, 3.63) is 65.9 Å². The van der Waals surface area contributed by atoms with Gasteiger partial charge in [-0.2, -0.15) is 18.3 Å². The number of alkyl halides is 3. The van der Waals surface area contributed by atoms with Crippen LogP contribution in [0.5, 0.6) is 0 Å². The van der Waals surface area contributed by atoms with Crippen molar-refractivity contribution >= 4 is 11.0 Å². The molecule has 0 saturated heterocycles. The van der Waals surface area contributed by atoms with Gasteiger partial charge in [-0.1, -0.05) is 18.2 Å². The number of H-pyrrole nitrogens is 1. The van der Waals surface area contributed by atoms with Gasteiger partial charge in [-0.3, -0.25) is 5.10 Å². The Kier molecular flexibility index (Phi) is 4.12. The minimum Gasteiger partial charge on any atom is -0.326 e. The van der Waals surface area contributed by atoms with E-state index < -0.39 is 11.7 Å². The Hall–Kier alpha value is -3.26. The SMILES string of the molecule is NCc1cccc(-c2ccc(C(F)(F)F)c(-c3n[nH]c4ncccc34)n2)c1. The Labute approximate surface area is 152 Å². The molecule has 1 aromatic carbocycles. The number of hydrogen-bond acceptors (Lipinski definition) is 4. The van der Waals surface area contributed by atoms with Crippen molar-refractivity contribution in [2.24, 2.45) is 5.73 Å². The fourth-order valence-electron chi connectivity index (χ4n) is 2.92. The Balaban J connectivity index is 1.95. The summed E-state index contributed by atoms with van der Waals surface area (Å²) >= 11 is 0. The smallest absolute Gasteiger partial charge is 0.326 e. The molecule has 0 atom stereocenters. The number of benzene rings is 1. The number of aromatic nitrogens is 4. The predicted molar refractivity (Wildman–Crippen MR) is 95.4 cm³/mol. The van der Waals surface area contributed by atoms with Gasteiger partial charge in [0, 0.05) is 23.7 Å². The molecule has 0 radical (unpaired) electrons. The maximum atomic E-state index is 13.6. The van der Waals surface area contributed by atoms with E-state index in [9.17, 15) is 13.2 Å². The summed E-state index contributed by atoms with van der Waals surface area (Å²) in [5.74, 6) is 0. The van der Waals surface area contributed by atoms with Gasteiger partial charge in [0.05, 0.1) is 11.3 Å². The van der Waals surface area contributed by atoms with Crippen LogP contribution in [-0.4, -0.2) is 20.2 Å². The molecule has 3 N–H and O–H groups in total. The summed E-state index contributed by atoms with van der Waals surface area (Å²) in [4.78, 5) is 8.39. The van der Waals surface area contributed by atoms with Crippen LogP contribution in [0.15, 0.2) is 54.7 Å². The summed E-state index contributed by atoms with van der Waals surface area (Å²) in [5, 5.41) is 7.17. The lowest BCUT2D eigenvalue weighted by molar-refractivity contribution is -0.137. The molecular formula is C19H14F3N5. The zero-order valence-electron chi connectivity index (χ0n) is 14.0. The molecule has 4 rings (SSSR count). The van der Waals surface area contributed by atoms with Crippen LogP contribution in [0.4, 0.5) is 13.2 Å². The average molecular weight is 369 g/mol. The number of nitrogens with one attached hydrogen (secondary N) is 1. The zero-order valence-corrected chi connectivity index (χ0v) is 14.0. The number of nitrogens with two attached hydrogens (primary N) is 1. The molecule has 0 amide bonds. The first-order valence-electron chi connectivity index (χ1n) is 8.14. The molecule has 0 fully saturated rings. The van der Waals surface area contributed by atoms with E-state index in [2.05, 4.69) is 20.2 Å². The number of nitrogens with zero attached hydrogens (tertiary/aromatic N) is 3. The fourth-order valence-corrected chi connectivity index (χ4v) is 2.92. The summed E-state index contributed by atoms with van der Waals surface area (Å²) in [6.45, 7) is 0.330. The summed E-state index contributed by atoms with van der Waals surface area (Å²) < 4.78 is 40.7. The van der Waals surface area contributed by atoms with Crippen LogP contribution in [0.25, 0.3) is 33.7 Å². The van der Waals surface area contributed by atoms with Crippen molar-refractivity contribution in [3.63, 3.8) is 0 Å². The van der Waals surface area contributed by atoms with Gasteiger partial charge in [-0.25, -0.2) is 9.97 Å². The van der Waals surface area contributed by atoms with Crippen molar-refractivity contribution in [2.45, 2.75) is 12.7 Å². The third kappa shape index (κ3) is 3.15. The molecule has 5 nitrogen and oxygen atoms in total. The highest BCUT2D eigenvalue weighted by atomic mass is 19.4. The van der Waals surface area contributed by atoms with Gasteiger partial charge in [0.15, 0.2) is 5.65 Å². The van der Waals surface area contributed by atoms with Gasteiger partial charge in [0.2, 0.25) is 0 Å². The first kappa shape index (κ1) is 17.2. The molecule has 136 valence electrons. The molecular weight excluding hydrogens is 355 g/mol. The molecule has 3 aromatic heterocycles. The molecule has 0 unspecified atom stereocenters. The van der Waals surface area contributed by atoms with Gasteiger partial charge in [0.25, 0.3) is 0 Å². The summed E-state index contributed by atoms with van der Waals surface area (Å²) in [7, 11) is 0. The molecule has 0 spiro atoms. The van der Waals surface area contributed by atoms with Crippen LogP contribution in [0, 0.1) is 0 Å². The van der Waals surface area contributed by atoms with E-state index in [0.29, 0.717) is 28.8 Å². The Morgan fingerprint density at radius 3 is 2.63 bits per heavy atom. The topological polar surface area (TPSA) is 80.5 Å². The van der Waals surface area contributed by atoms with Gasteiger partial charge in [0.1, 0.15) is 11.4 Å². The van der Waals surface area contributed by atoms with Crippen LogP contribution in [0.2, 0.25) is 0 Å². The van der Waals surface area contributed by atoms with Crippen molar-refractivity contribution in [1.29, 1.82) is 0 Å². The maximum absolute atomic E-state index is 13.6. The van der Waals surface area contributed by atoms with Crippen molar-refractivity contribution in [3.8, 4) is 22.6 Å². The third-order valence-corrected chi connectivity index (χ3v) is 4.22. The van der Waals surface area contributed by atoms with Gasteiger partial charge in [-0.15, -0.1) is 0 Å². The second-order valence-electron chi connectivity index (χ2n) is 5.97. The highest BCUT2D eigenvalue weighted by Crippen LogP contribution is 2.38. The number of halogens is 3. The second kappa shape index (κ2) is 6.48. The van der Waals surface area contributed by atoms with Gasteiger partial charge in [-0.05, 0) is 35.9 Å². The number of pyridine rings is 2. The van der Waals surface area contributed by atoms with Crippen LogP contribution >= 0.6 is 0 Å². The molecule has 0 aliphatic heterocycles. The Morgan fingerprint density at radius 1 is 1.00 bits per heavy atom. The number of hydrogen-bond donors (Lipinski definition) is 2. The summed E-state index contributed by atoms with van der Waals surface area (Å²) in [5.41, 5.74) is 7.05. The van der Waals surface area contributed by atoms with Crippen LogP contribution in [0.3, 0.4) is 0 Å². The molecule has 0 saturated carbocycles. The van der Waals surface area contributed by atoms with Crippen molar-refractivity contribution < 1.29 is 13.2 Å². The van der Waals surface area contributed by atoms with E-state index in [1.165, 1.54) is 12.3 Å². The van der Waals surface area contributed by atoms with Gasteiger partial charge >= 0.3 is 6.18 Å². The van der Waals surface area contributed by atoms with E-state index >= 15 is 0 Å². The van der Waals surface area contributed by atoms with E-state index in [1.54, 1.807) is 24.3 Å². The fraction of sp³-hybridized carbons (Fsp3) is 0.105. The lowest BCUT2D eigenvalue weighted by atomic mass is 10.0. The maximum Gasteiger partial charge on any atom is 0.418 e. The summed E-state index contributed by atoms with van der Waals surface area (Å²) in [6.07, 6.45) is -3.02. The van der Waals surface area contributed by atoms with E-state index in [4.69, 9.17) is 5.73 Å². The normalized spacial score (nSPS) is 11.9. The molecule has 27 heavy (non-hydrogen) atoms. The second-order valence-corrected chi connectivity index (χ2v) is 5.97. The first-order chi connectivity index (χ1) is 13.0. The lowest BCUT2D eigenvalue weighted by Crippen LogP contribution is -2.09. The van der Waals surface area contributed by atoms with Crippen LogP contribution < -0.4 is 5.73 Å². The minimum absolute atomic E-state index is 0.113. The highest BCUT2D eigenvalue weighted by molar-refractivity contribution is 5.90. The number of rotatable bonds is 3. The van der Waals surface area contributed by atoms with Crippen LogP contribution in [-0.2, 0) is 12.7 Å². The van der Waals surface area contributed by atoms with E-state index in [0.717, 1.165) is 11.6 Å². The Morgan fingerprint density at radius 2 is 1.85 bits per heavy atom. The summed E-state index contributed by atoms with van der Waals surface area (Å²) in [6, 6.07) is 12.9. The quantitative estimate of drug-likeness (QED) is 0.568. The molecule has 4 aromatic rings. The lowest BCUT2D eigenvalue weighted by Gasteiger charge is -2.13. The third-order valence-electron chi connectivity index (χ3n) is 4.22. The van der Waals surface area contributed by atoms with E-state index in [-0.39, 0.29) is 11.4 Å². The standard InChI is InChI=1S/C19H14F3N5/c20-19(21,22)14-6-7-15(12-4-1-3-11(9-12)10-23)25-17(14)16-13-5-2-8-24-18(13)27-26-16/h1-9H,10,23H2,(H,24,26,27). The first-order valence-corrected chi connectivity index (χ1v) is 8.14. The molecule has 0 aliphatic rings. The van der Waals surface area contributed by atoms with E-state index in [1.807, 2.05) is 12.1 Å². The molecule has 0 bridgehead atoms. The largest absolute Gasteiger partial charge is 0.418 e. The molecule has 8 heteroatoms. The van der Waals surface area contributed by atoms with Gasteiger partial charge < -0.3 is 5.73 Å².